The van der Waals surface area contributed by atoms with E-state index in [9.17, 15) is 18.4 Å². The van der Waals surface area contributed by atoms with Crippen LogP contribution in [0.3, 0.4) is 0 Å². The maximum atomic E-state index is 14.6. The third-order valence-corrected chi connectivity index (χ3v) is 8.05. The molecule has 1 aromatic carbocycles. The molecule has 1 amide bonds. The highest BCUT2D eigenvalue weighted by atomic mass is 19.1. The highest BCUT2D eigenvalue weighted by Gasteiger charge is 2.59. The molecule has 1 unspecified atom stereocenters. The number of fused-ring (bicyclic) bond motifs is 2. The minimum Gasteiger partial charge on any atom is -0.365 e. The summed E-state index contributed by atoms with van der Waals surface area (Å²) in [6.45, 7) is 2.92. The van der Waals surface area contributed by atoms with Crippen molar-refractivity contribution in [2.75, 3.05) is 38.1 Å². The minimum absolute atomic E-state index is 0.0132. The smallest absolute Gasteiger partial charge is 0.269 e. The summed E-state index contributed by atoms with van der Waals surface area (Å²) in [5.41, 5.74) is 0.284. The van der Waals surface area contributed by atoms with Crippen molar-refractivity contribution in [2.45, 2.75) is 30.7 Å². The maximum absolute atomic E-state index is 14.6. The molecule has 1 saturated heterocycles. The van der Waals surface area contributed by atoms with Gasteiger partial charge in [0.25, 0.3) is 11.5 Å². The van der Waals surface area contributed by atoms with Crippen LogP contribution in [0.4, 0.5) is 14.5 Å². The van der Waals surface area contributed by atoms with Gasteiger partial charge in [0.15, 0.2) is 0 Å². The van der Waals surface area contributed by atoms with Crippen molar-refractivity contribution in [3.63, 3.8) is 0 Å². The Hall–Kier alpha value is -3.40. The molecule has 10 heteroatoms. The van der Waals surface area contributed by atoms with Crippen LogP contribution in [-0.2, 0) is 5.41 Å². The lowest BCUT2D eigenvalue weighted by molar-refractivity contribution is 0.0957. The highest BCUT2D eigenvalue weighted by Crippen LogP contribution is 2.60. The summed E-state index contributed by atoms with van der Waals surface area (Å²) in [6, 6.07) is 8.09. The number of H-pyrrole nitrogens is 1. The van der Waals surface area contributed by atoms with E-state index in [0.717, 1.165) is 32.4 Å². The molecule has 35 heavy (non-hydrogen) atoms. The molecular weight excluding hydrogens is 454 g/mol. The summed E-state index contributed by atoms with van der Waals surface area (Å²) in [7, 11) is 1.49. The number of rotatable bonds is 4. The fourth-order valence-electron chi connectivity index (χ4n) is 6.28. The number of hydrogen-bond donors (Lipinski definition) is 2. The zero-order valence-corrected chi connectivity index (χ0v) is 19.4. The Bertz CT molecular complexity index is 1380. The van der Waals surface area contributed by atoms with Gasteiger partial charge in [-0.3, -0.25) is 14.5 Å². The van der Waals surface area contributed by atoms with E-state index in [-0.39, 0.29) is 16.5 Å². The molecule has 7 rings (SSSR count). The Labute approximate surface area is 200 Å². The van der Waals surface area contributed by atoms with E-state index >= 15 is 0 Å². The van der Waals surface area contributed by atoms with Crippen molar-refractivity contribution in [3.8, 4) is 0 Å². The first kappa shape index (κ1) is 22.1. The standard InChI is InChI=1S/C25H26F2N6O2/c1-28-22(34)17-5-6-18(21(27)29-17)32-7-9-33(10-8-32)19-13-25(11-14(19)12-25)24-30-16-4-2-3-15(26)20(16)23(35)31-24/h2-6,14,19H,7-13H2,1H3,(H,28,34)(H,30,31,35). The number of nitrogens with zero attached hydrogens (tertiary/aromatic N) is 4. The number of aromatic nitrogens is 3. The Balaban J connectivity index is 1.15. The van der Waals surface area contributed by atoms with E-state index in [0.29, 0.717) is 42.1 Å². The number of hydrogen-bond acceptors (Lipinski definition) is 6. The van der Waals surface area contributed by atoms with Gasteiger partial charge in [0.05, 0.1) is 11.2 Å². The Morgan fingerprint density at radius 3 is 2.57 bits per heavy atom. The Morgan fingerprint density at radius 1 is 1.09 bits per heavy atom. The summed E-state index contributed by atoms with van der Waals surface area (Å²) in [4.78, 5) is 40.1. The number of halogens is 2. The topological polar surface area (TPSA) is 94.2 Å². The average molecular weight is 481 g/mol. The van der Waals surface area contributed by atoms with E-state index < -0.39 is 23.2 Å². The van der Waals surface area contributed by atoms with Crippen LogP contribution in [0, 0.1) is 17.7 Å². The first-order valence-electron chi connectivity index (χ1n) is 12.0. The van der Waals surface area contributed by atoms with Gasteiger partial charge in [-0.25, -0.2) is 14.4 Å². The monoisotopic (exact) mass is 480 g/mol. The normalized spacial score (nSPS) is 26.1. The second-order valence-corrected chi connectivity index (χ2v) is 9.88. The van der Waals surface area contributed by atoms with Crippen molar-refractivity contribution >= 4 is 22.5 Å². The molecule has 2 aromatic heterocycles. The molecule has 4 fully saturated rings. The first-order valence-corrected chi connectivity index (χ1v) is 12.0. The van der Waals surface area contributed by atoms with Gasteiger partial charge in [-0.2, -0.15) is 4.39 Å². The van der Waals surface area contributed by atoms with Gasteiger partial charge in [-0.05, 0) is 49.4 Å². The summed E-state index contributed by atoms with van der Waals surface area (Å²) < 4.78 is 28.7. The van der Waals surface area contributed by atoms with Crippen LogP contribution in [0.25, 0.3) is 10.9 Å². The molecule has 4 aliphatic rings. The van der Waals surface area contributed by atoms with E-state index in [1.807, 2.05) is 4.90 Å². The summed E-state index contributed by atoms with van der Waals surface area (Å²) >= 11 is 0. The zero-order valence-electron chi connectivity index (χ0n) is 19.4. The van der Waals surface area contributed by atoms with E-state index in [1.165, 1.54) is 13.1 Å². The van der Waals surface area contributed by atoms with Gasteiger partial charge in [-0.1, -0.05) is 6.07 Å². The number of amides is 1. The first-order chi connectivity index (χ1) is 16.9. The second-order valence-electron chi connectivity index (χ2n) is 9.88. The number of piperazine rings is 1. The molecule has 8 nitrogen and oxygen atoms in total. The predicted octanol–water partition coefficient (Wildman–Crippen LogP) is 2.20. The lowest BCUT2D eigenvalue weighted by atomic mass is 9.69. The van der Waals surface area contributed by atoms with Crippen LogP contribution in [0.2, 0.25) is 0 Å². The van der Waals surface area contributed by atoms with E-state index in [2.05, 4.69) is 25.2 Å². The van der Waals surface area contributed by atoms with Crippen molar-refractivity contribution in [3.05, 3.63) is 64.0 Å². The van der Waals surface area contributed by atoms with Crippen LogP contribution in [0.5, 0.6) is 0 Å². The van der Waals surface area contributed by atoms with Crippen LogP contribution >= 0.6 is 0 Å². The number of carbonyl (C=O) groups excluding carboxylic acids is 1. The molecule has 0 spiro atoms. The number of anilines is 1. The lowest BCUT2D eigenvalue weighted by Crippen LogP contribution is -2.51. The predicted molar refractivity (Wildman–Crippen MR) is 126 cm³/mol. The van der Waals surface area contributed by atoms with Crippen LogP contribution in [0.1, 0.15) is 35.6 Å². The maximum Gasteiger partial charge on any atom is 0.269 e. The Kier molecular flexibility index (Phi) is 5.10. The van der Waals surface area contributed by atoms with Gasteiger partial charge < -0.3 is 15.2 Å². The second kappa shape index (κ2) is 8.08. The number of aromatic amines is 1. The van der Waals surface area contributed by atoms with Crippen LogP contribution in [0.15, 0.2) is 35.1 Å². The molecule has 0 radical (unpaired) electrons. The number of benzene rings is 1. The summed E-state index contributed by atoms with van der Waals surface area (Å²) in [5.74, 6) is -0.405. The van der Waals surface area contributed by atoms with Crippen LogP contribution in [-0.4, -0.2) is 65.0 Å². The third kappa shape index (κ3) is 3.50. The molecule has 1 atom stereocenters. The minimum atomic E-state index is -0.635. The number of pyridine rings is 1. The molecule has 3 aromatic rings. The van der Waals surface area contributed by atoms with Gasteiger partial charge in [-0.15, -0.1) is 0 Å². The number of carbonyl (C=O) groups is 1. The fraction of sp³-hybridized carbons (Fsp3) is 0.440. The average Bonchev–Trinajstić information content (AvgIpc) is 3.41. The largest absolute Gasteiger partial charge is 0.365 e. The van der Waals surface area contributed by atoms with E-state index in [4.69, 9.17) is 0 Å². The Morgan fingerprint density at radius 2 is 1.86 bits per heavy atom. The molecule has 2 N–H and O–H groups in total. The molecule has 2 bridgehead atoms. The lowest BCUT2D eigenvalue weighted by Gasteiger charge is -2.41. The van der Waals surface area contributed by atoms with Crippen molar-refractivity contribution in [2.24, 2.45) is 5.92 Å². The summed E-state index contributed by atoms with van der Waals surface area (Å²) in [5, 5.41) is 2.47. The fourth-order valence-corrected chi connectivity index (χ4v) is 6.28. The van der Waals surface area contributed by atoms with Gasteiger partial charge in [0.1, 0.15) is 22.7 Å². The van der Waals surface area contributed by atoms with E-state index in [1.54, 1.807) is 24.3 Å². The molecule has 182 valence electrons. The molecular formula is C25H26F2N6O2. The van der Waals surface area contributed by atoms with Crippen molar-refractivity contribution < 1.29 is 13.6 Å². The van der Waals surface area contributed by atoms with Crippen LogP contribution < -0.4 is 15.8 Å². The highest BCUT2D eigenvalue weighted by molar-refractivity contribution is 5.92. The van der Waals surface area contributed by atoms with Gasteiger partial charge in [0.2, 0.25) is 5.95 Å². The molecule has 3 saturated carbocycles. The molecule has 3 aliphatic carbocycles. The molecule has 3 heterocycles. The SMILES string of the molecule is CNC(=O)c1ccc(N2CCN(C3CC4(c5nc6cccc(F)c6c(=O)[nH]5)CC3C4)CC2)c(F)n1. The van der Waals surface area contributed by atoms with Crippen molar-refractivity contribution in [1.82, 2.24) is 25.2 Å². The van der Waals surface area contributed by atoms with Crippen molar-refractivity contribution in [1.29, 1.82) is 0 Å². The molecule has 1 aliphatic heterocycles. The van der Waals surface area contributed by atoms with Gasteiger partial charge >= 0.3 is 0 Å². The quantitative estimate of drug-likeness (QED) is 0.556. The third-order valence-electron chi connectivity index (χ3n) is 8.05. The summed E-state index contributed by atoms with van der Waals surface area (Å²) in [6.07, 6.45) is 2.82. The number of nitrogens with one attached hydrogen (secondary N) is 2. The zero-order chi connectivity index (χ0) is 24.3. The van der Waals surface area contributed by atoms with Gasteiger partial charge in [0, 0.05) is 44.7 Å².